The van der Waals surface area contributed by atoms with Crippen LogP contribution < -0.4 is 26.5 Å². The highest BCUT2D eigenvalue weighted by molar-refractivity contribution is 8.23. The molecule has 6 rings (SSSR count). The molecular formula is C52H72N8O9S2Si. The number of nitrogens with one attached hydrogen (secondary N) is 3. The maximum Gasteiger partial charge on any atom is 0.362 e. The molecule has 2 aromatic carbocycles. The van der Waals surface area contributed by atoms with Crippen LogP contribution in [-0.4, -0.2) is 123 Å². The van der Waals surface area contributed by atoms with Crippen LogP contribution in [0.5, 0.6) is 0 Å². The second-order valence-corrected chi connectivity index (χ2v) is 27.1. The van der Waals surface area contributed by atoms with Crippen molar-refractivity contribution < 1.29 is 37.6 Å². The average molecular weight is 1050 g/mol. The molecule has 390 valence electrons. The third-order valence-corrected chi connectivity index (χ3v) is 20.2. The van der Waals surface area contributed by atoms with Crippen molar-refractivity contribution in [2.45, 2.75) is 160 Å². The third kappa shape index (κ3) is 13.8. The zero-order valence-corrected chi connectivity index (χ0v) is 46.0. The summed E-state index contributed by atoms with van der Waals surface area (Å²) in [6.07, 6.45) is 2.68. The van der Waals surface area contributed by atoms with Gasteiger partial charge in [0.15, 0.2) is 19.8 Å². The largest absolute Gasteiger partial charge is 0.479 e. The van der Waals surface area contributed by atoms with Gasteiger partial charge in [0.2, 0.25) is 28.0 Å². The van der Waals surface area contributed by atoms with Gasteiger partial charge in [0.1, 0.15) is 35.4 Å². The molecule has 2 aliphatic heterocycles. The number of carbonyl (C=O) groups is 5. The number of fused-ring (bicyclic) bond motifs is 2. The van der Waals surface area contributed by atoms with Crippen molar-refractivity contribution >= 4 is 82.7 Å². The minimum atomic E-state index is -2.24. The highest BCUT2D eigenvalue weighted by atomic mass is 32.2. The molecule has 0 spiro atoms. The zero-order chi connectivity index (χ0) is 52.5. The Balaban J connectivity index is 1.31. The van der Waals surface area contributed by atoms with Crippen molar-refractivity contribution in [3.05, 3.63) is 82.5 Å². The number of rotatable bonds is 19. The van der Waals surface area contributed by atoms with E-state index in [0.29, 0.717) is 47.6 Å². The van der Waals surface area contributed by atoms with E-state index in [1.165, 1.54) is 34.5 Å². The molecular weight excluding hydrogens is 973 g/mol. The number of ketones is 1. The number of nitrogens with zero attached hydrogens (tertiary/aromatic N) is 5. The lowest BCUT2D eigenvalue weighted by atomic mass is 9.92. The molecule has 2 aliphatic rings. The van der Waals surface area contributed by atoms with E-state index >= 15 is 0 Å². The molecule has 17 nitrogen and oxygen atoms in total. The Hall–Kier alpha value is -5.44. The second kappa shape index (κ2) is 24.1. The van der Waals surface area contributed by atoms with Crippen molar-refractivity contribution in [2.24, 2.45) is 0 Å². The lowest BCUT2D eigenvalue weighted by Gasteiger charge is -2.38. The predicted molar refractivity (Wildman–Crippen MR) is 287 cm³/mol. The molecule has 2 fully saturated rings. The number of carbonyl (C=O) groups excluding carboxylic acids is 5. The summed E-state index contributed by atoms with van der Waals surface area (Å²) < 4.78 is 19.4. The summed E-state index contributed by atoms with van der Waals surface area (Å²) in [6.45, 7) is 22.0. The Labute approximate surface area is 433 Å². The molecule has 20 heteroatoms. The third-order valence-electron chi connectivity index (χ3n) is 14.2. The summed E-state index contributed by atoms with van der Waals surface area (Å²) in [5, 5.41) is 17.8. The first-order valence-electron chi connectivity index (χ1n) is 25.1. The SMILES string of the molecule is CCOC(=S)SC(CCC(=O)C(C)O[Si](C)(C)C(C)(C)C)CC[C@@H]1NC(=O)[C@@H]2CCCN2C(=O)[C@H](Cc2ccccc2)NC(=O)[C@@](C)(Cc2cn(-c3cc4ccc(N(CC)CC)cc4oc3=O)nn2)NC1=O. The van der Waals surface area contributed by atoms with Crippen LogP contribution in [-0.2, 0) is 46.0 Å². The number of aromatic nitrogens is 3. The highest BCUT2D eigenvalue weighted by Crippen LogP contribution is 2.38. The number of thiocarbonyl (C=S) groups is 1. The van der Waals surface area contributed by atoms with Crippen LogP contribution >= 0.6 is 24.0 Å². The molecule has 3 N–H and O–H groups in total. The van der Waals surface area contributed by atoms with Gasteiger partial charge in [-0.1, -0.05) is 68.1 Å². The van der Waals surface area contributed by atoms with E-state index < -0.39 is 67.3 Å². The smallest absolute Gasteiger partial charge is 0.362 e. The van der Waals surface area contributed by atoms with E-state index in [9.17, 15) is 28.8 Å². The summed E-state index contributed by atoms with van der Waals surface area (Å²) in [5.74, 6) is -2.28. The van der Waals surface area contributed by atoms with Gasteiger partial charge in [-0.2, -0.15) is 0 Å². The monoisotopic (exact) mass is 1040 g/mol. The van der Waals surface area contributed by atoms with Gasteiger partial charge in [0, 0.05) is 61.3 Å². The fourth-order valence-corrected chi connectivity index (χ4v) is 11.8. The van der Waals surface area contributed by atoms with E-state index in [2.05, 4.69) is 65.0 Å². The minimum Gasteiger partial charge on any atom is -0.479 e. The van der Waals surface area contributed by atoms with Crippen LogP contribution in [0.2, 0.25) is 18.1 Å². The molecule has 6 atom stereocenters. The molecule has 0 radical (unpaired) electrons. The van der Waals surface area contributed by atoms with Crippen molar-refractivity contribution in [3.8, 4) is 5.69 Å². The number of hydrogen-bond acceptors (Lipinski definition) is 14. The quantitative estimate of drug-likeness (QED) is 0.0501. The normalized spacial score (nSPS) is 20.9. The van der Waals surface area contributed by atoms with Crippen molar-refractivity contribution in [2.75, 3.05) is 31.1 Å². The maximum absolute atomic E-state index is 14.9. The van der Waals surface area contributed by atoms with Crippen molar-refractivity contribution in [1.82, 2.24) is 35.8 Å². The maximum atomic E-state index is 14.9. The summed E-state index contributed by atoms with van der Waals surface area (Å²) in [5.41, 5.74) is -0.0110. The van der Waals surface area contributed by atoms with Gasteiger partial charge in [-0.25, -0.2) is 9.48 Å². The second-order valence-electron chi connectivity index (χ2n) is 20.5. The van der Waals surface area contributed by atoms with Gasteiger partial charge in [-0.05, 0) is 121 Å². The first-order valence-corrected chi connectivity index (χ1v) is 29.3. The first kappa shape index (κ1) is 55.9. The topological polar surface area (TPSA) is 207 Å². The number of anilines is 1. The molecule has 0 aliphatic carbocycles. The predicted octanol–water partition coefficient (Wildman–Crippen LogP) is 6.82. The van der Waals surface area contributed by atoms with Crippen LogP contribution in [0.4, 0.5) is 5.69 Å². The number of ether oxygens (including phenoxy) is 1. The van der Waals surface area contributed by atoms with Crippen LogP contribution in [0.15, 0.2) is 70.0 Å². The van der Waals surface area contributed by atoms with Gasteiger partial charge in [-0.3, -0.25) is 24.0 Å². The van der Waals surface area contributed by atoms with E-state index in [1.54, 1.807) is 13.0 Å². The lowest BCUT2D eigenvalue weighted by molar-refractivity contribution is -0.144. The molecule has 4 aromatic rings. The number of benzene rings is 2. The Morgan fingerprint density at radius 2 is 1.72 bits per heavy atom. The van der Waals surface area contributed by atoms with Crippen LogP contribution in [0.1, 0.15) is 105 Å². The summed E-state index contributed by atoms with van der Waals surface area (Å²) >= 11 is 6.85. The standard InChI is InChI=1S/C52H72N8O9S2Si/c1-11-58(12-2)37-22-21-35-29-42(48(65)68-44(35)30-37)60-32-36(56-57-60)31-52(8)49(66)54-40(28-34-18-15-14-16-19-34)47(64)59-27-17-20-41(59)46(63)53-39(45(62)55-52)25-23-38(71-50(70)67-13-3)24-26-43(61)33(4)69-72(9,10)51(5,6)7/h14-16,18-19,21-22,29-30,32-33,38-41H,11-13,17,20,23-28,31H2,1-10H3,(H,53,63)(H,54,66)(H,55,62)/t33?,38?,39-,40-,41-,52+/m0/s1. The average Bonchev–Trinajstić information content (AvgIpc) is 4.01. The Kier molecular flexibility index (Phi) is 18.7. The fourth-order valence-electron chi connectivity index (χ4n) is 8.93. The molecule has 2 aromatic heterocycles. The first-order chi connectivity index (χ1) is 34.1. The molecule has 2 unspecified atom stereocenters. The fraction of sp³-hybridized carbons (Fsp3) is 0.558. The van der Waals surface area contributed by atoms with Crippen LogP contribution in [0.25, 0.3) is 16.7 Å². The zero-order valence-electron chi connectivity index (χ0n) is 43.4. The highest BCUT2D eigenvalue weighted by Gasteiger charge is 2.45. The number of thioether (sulfide) groups is 1. The van der Waals surface area contributed by atoms with Gasteiger partial charge in [-0.15, -0.1) is 5.10 Å². The number of Topliss-reactive ketones (excluding diaryl/α,β-unsaturated/α-hetero) is 1. The molecule has 72 heavy (non-hydrogen) atoms. The van der Waals surface area contributed by atoms with Gasteiger partial charge < -0.3 is 39.3 Å². The molecule has 0 bridgehead atoms. The summed E-state index contributed by atoms with van der Waals surface area (Å²) in [4.78, 5) is 89.5. The molecule has 2 saturated heterocycles. The van der Waals surface area contributed by atoms with E-state index in [4.69, 9.17) is 25.8 Å². The molecule has 4 heterocycles. The lowest BCUT2D eigenvalue weighted by Crippen LogP contribution is -2.66. The Morgan fingerprint density at radius 3 is 2.40 bits per heavy atom. The van der Waals surface area contributed by atoms with Gasteiger partial charge in [0.05, 0.1) is 18.5 Å². The van der Waals surface area contributed by atoms with Crippen LogP contribution in [0, 0.1) is 0 Å². The van der Waals surface area contributed by atoms with Gasteiger partial charge >= 0.3 is 5.63 Å². The van der Waals surface area contributed by atoms with Crippen molar-refractivity contribution in [1.29, 1.82) is 0 Å². The minimum absolute atomic E-state index is 0.0500. The summed E-state index contributed by atoms with van der Waals surface area (Å²) in [7, 11) is -2.24. The van der Waals surface area contributed by atoms with E-state index in [1.807, 2.05) is 69.3 Å². The molecule has 4 amide bonds. The number of hydrogen-bond donors (Lipinski definition) is 3. The molecule has 0 saturated carbocycles. The summed E-state index contributed by atoms with van der Waals surface area (Å²) in [6, 6.07) is 13.4. The van der Waals surface area contributed by atoms with Gasteiger partial charge in [0.25, 0.3) is 0 Å². The van der Waals surface area contributed by atoms with E-state index in [0.717, 1.165) is 24.3 Å². The van der Waals surface area contributed by atoms with Crippen molar-refractivity contribution in [3.63, 3.8) is 0 Å². The Morgan fingerprint density at radius 1 is 1.00 bits per heavy atom. The Bertz CT molecular complexity index is 2650. The van der Waals surface area contributed by atoms with Crippen LogP contribution in [0.3, 0.4) is 0 Å². The number of amides is 4. The van der Waals surface area contributed by atoms with E-state index in [-0.39, 0.29) is 59.7 Å².